The number of carbonyl (C=O) groups is 3. The van der Waals surface area contributed by atoms with Crippen molar-refractivity contribution in [2.75, 3.05) is 32.5 Å². The number of ketones is 1. The van der Waals surface area contributed by atoms with Crippen molar-refractivity contribution in [3.8, 4) is 0 Å². The molecule has 8 nitrogen and oxygen atoms in total. The zero-order valence-electron chi connectivity index (χ0n) is 22.7. The summed E-state index contributed by atoms with van der Waals surface area (Å²) in [5.74, 6) is 0.722. The molecular formula is C27H42FN5O3S. The minimum Gasteiger partial charge on any atom is -0.359 e. The molecule has 0 spiro atoms. The van der Waals surface area contributed by atoms with Crippen LogP contribution in [-0.4, -0.2) is 54.8 Å². The normalized spacial score (nSPS) is 13.1. The second kappa shape index (κ2) is 17.6. The van der Waals surface area contributed by atoms with Crippen molar-refractivity contribution in [2.45, 2.75) is 65.7 Å². The van der Waals surface area contributed by atoms with Gasteiger partial charge in [-0.15, -0.1) is 0 Å². The molecule has 1 heterocycles. The standard InChI is InChI=1S/C17H26FN.C7H9N3O2S.C3H7NO/c1-19(14-16-6-3-2-4-7-16)13-5-8-15-9-11-17(18)12-10-15;1-3-5(4(2)11)13-7(9-3)10-6(8)12;1-3(5)4-2/h9-12,16H,2-8,13-14H2,1H3;1-2H3,(H3,8,9,10,12);1-2H3,(H,4,5). The van der Waals surface area contributed by atoms with Crippen molar-refractivity contribution in [2.24, 2.45) is 11.7 Å². The molecule has 2 aromatic rings. The van der Waals surface area contributed by atoms with Gasteiger partial charge in [0.25, 0.3) is 0 Å². The first-order chi connectivity index (χ1) is 17.5. The number of primary amides is 1. The van der Waals surface area contributed by atoms with Crippen LogP contribution in [0.25, 0.3) is 0 Å². The SMILES string of the molecule is CC(=O)c1sc(NC(N)=O)nc1C.CN(CCCc1ccc(F)cc1)CC1CCCCC1.CNC(C)=O. The number of amides is 3. The third kappa shape index (κ3) is 14.5. The molecule has 0 saturated heterocycles. The average molecular weight is 536 g/mol. The zero-order valence-corrected chi connectivity index (χ0v) is 23.5. The molecule has 0 aliphatic heterocycles. The lowest BCUT2D eigenvalue weighted by molar-refractivity contribution is -0.118. The van der Waals surface area contributed by atoms with Gasteiger partial charge < -0.3 is 16.0 Å². The number of rotatable bonds is 8. The van der Waals surface area contributed by atoms with Crippen LogP contribution in [-0.2, 0) is 11.2 Å². The lowest BCUT2D eigenvalue weighted by Gasteiger charge is -2.26. The summed E-state index contributed by atoms with van der Waals surface area (Å²) >= 11 is 1.12. The number of hydrogen-bond acceptors (Lipinski definition) is 6. The minimum absolute atomic E-state index is 0.00463. The fourth-order valence-electron chi connectivity index (χ4n) is 3.99. The average Bonchev–Trinajstić information content (AvgIpc) is 3.21. The third-order valence-electron chi connectivity index (χ3n) is 5.91. The molecule has 1 aliphatic carbocycles. The Balaban J connectivity index is 0.000000329. The monoisotopic (exact) mass is 535 g/mol. The number of nitrogens with one attached hydrogen (secondary N) is 2. The Labute approximate surface area is 224 Å². The Morgan fingerprint density at radius 2 is 1.73 bits per heavy atom. The molecule has 0 bridgehead atoms. The van der Waals surface area contributed by atoms with Gasteiger partial charge in [0.15, 0.2) is 10.9 Å². The highest BCUT2D eigenvalue weighted by molar-refractivity contribution is 7.17. The first kappa shape index (κ1) is 32.2. The smallest absolute Gasteiger partial charge is 0.318 e. The number of nitrogens with two attached hydrogens (primary N) is 1. The molecule has 1 aliphatic rings. The van der Waals surface area contributed by atoms with Gasteiger partial charge in [-0.25, -0.2) is 14.2 Å². The number of thiazole rings is 1. The van der Waals surface area contributed by atoms with Crippen LogP contribution in [0.1, 0.15) is 73.3 Å². The van der Waals surface area contributed by atoms with Crippen LogP contribution >= 0.6 is 11.3 Å². The van der Waals surface area contributed by atoms with Crippen LogP contribution in [0.3, 0.4) is 0 Å². The summed E-state index contributed by atoms with van der Waals surface area (Å²) in [6.07, 6.45) is 9.34. The van der Waals surface area contributed by atoms with E-state index in [9.17, 15) is 18.8 Å². The van der Waals surface area contributed by atoms with Crippen molar-refractivity contribution in [3.05, 3.63) is 46.2 Å². The second-order valence-electron chi connectivity index (χ2n) is 9.28. The topological polar surface area (TPSA) is 117 Å². The predicted octanol–water partition coefficient (Wildman–Crippen LogP) is 5.17. The van der Waals surface area contributed by atoms with Crippen molar-refractivity contribution >= 4 is 34.2 Å². The van der Waals surface area contributed by atoms with Gasteiger partial charge in [0.2, 0.25) is 5.91 Å². The summed E-state index contributed by atoms with van der Waals surface area (Å²) in [6, 6.07) is 6.23. The Bertz CT molecular complexity index is 975. The highest BCUT2D eigenvalue weighted by Crippen LogP contribution is 2.24. The van der Waals surface area contributed by atoms with E-state index in [1.54, 1.807) is 26.1 Å². The number of aromatic nitrogens is 1. The van der Waals surface area contributed by atoms with Crippen LogP contribution in [0.5, 0.6) is 0 Å². The highest BCUT2D eigenvalue weighted by Gasteiger charge is 2.15. The molecule has 0 unspecified atom stereocenters. The van der Waals surface area contributed by atoms with Crippen molar-refractivity contribution < 1.29 is 18.8 Å². The van der Waals surface area contributed by atoms with E-state index in [1.165, 1.54) is 58.1 Å². The van der Waals surface area contributed by atoms with Gasteiger partial charge in [-0.2, -0.15) is 0 Å². The fourth-order valence-corrected chi connectivity index (χ4v) is 4.85. The van der Waals surface area contributed by atoms with Gasteiger partial charge in [-0.3, -0.25) is 14.9 Å². The number of urea groups is 1. The van der Waals surface area contributed by atoms with E-state index < -0.39 is 6.03 Å². The quantitative estimate of drug-likeness (QED) is 0.403. The summed E-state index contributed by atoms with van der Waals surface area (Å²) in [6.45, 7) is 7.03. The van der Waals surface area contributed by atoms with Crippen LogP contribution in [0.2, 0.25) is 0 Å². The molecule has 1 fully saturated rings. The lowest BCUT2D eigenvalue weighted by Crippen LogP contribution is -2.28. The Hall–Kier alpha value is -2.85. The molecule has 3 rings (SSSR count). The summed E-state index contributed by atoms with van der Waals surface area (Å²) in [5, 5.41) is 5.06. The number of carbonyl (C=O) groups excluding carboxylic acids is 3. The van der Waals surface area contributed by atoms with E-state index in [0.717, 1.165) is 36.6 Å². The van der Waals surface area contributed by atoms with Gasteiger partial charge in [-0.1, -0.05) is 42.7 Å². The first-order valence-electron chi connectivity index (χ1n) is 12.7. The van der Waals surface area contributed by atoms with Crippen LogP contribution < -0.4 is 16.4 Å². The van der Waals surface area contributed by atoms with E-state index in [-0.39, 0.29) is 17.5 Å². The van der Waals surface area contributed by atoms with Crippen molar-refractivity contribution in [1.82, 2.24) is 15.2 Å². The highest BCUT2D eigenvalue weighted by atomic mass is 32.1. The number of anilines is 1. The molecule has 1 aromatic heterocycles. The van der Waals surface area contributed by atoms with E-state index >= 15 is 0 Å². The largest absolute Gasteiger partial charge is 0.359 e. The summed E-state index contributed by atoms with van der Waals surface area (Å²) in [4.78, 5) is 38.1. The first-order valence-corrected chi connectivity index (χ1v) is 13.5. The van der Waals surface area contributed by atoms with Crippen LogP contribution in [0.4, 0.5) is 14.3 Å². The number of nitrogens with zero attached hydrogens (tertiary/aromatic N) is 2. The molecule has 37 heavy (non-hydrogen) atoms. The van der Waals surface area contributed by atoms with E-state index in [4.69, 9.17) is 5.73 Å². The number of aryl methyl sites for hydroxylation is 2. The van der Waals surface area contributed by atoms with Gasteiger partial charge in [0, 0.05) is 27.4 Å². The molecule has 0 radical (unpaired) electrons. The molecule has 0 atom stereocenters. The van der Waals surface area contributed by atoms with Gasteiger partial charge >= 0.3 is 6.03 Å². The number of benzene rings is 1. The number of Topliss-reactive ketones (excluding diaryl/α,β-unsaturated/α-hetero) is 1. The molecule has 206 valence electrons. The van der Waals surface area contributed by atoms with Crippen molar-refractivity contribution in [3.63, 3.8) is 0 Å². The maximum atomic E-state index is 12.8. The maximum Gasteiger partial charge on any atom is 0.318 e. The molecule has 1 aromatic carbocycles. The molecule has 1 saturated carbocycles. The lowest BCUT2D eigenvalue weighted by atomic mass is 9.89. The van der Waals surface area contributed by atoms with E-state index in [1.807, 2.05) is 12.1 Å². The number of halogens is 1. The second-order valence-corrected chi connectivity index (χ2v) is 10.3. The Morgan fingerprint density at radius 3 is 2.22 bits per heavy atom. The zero-order chi connectivity index (χ0) is 27.8. The Kier molecular flexibility index (Phi) is 15.3. The Morgan fingerprint density at radius 1 is 1.14 bits per heavy atom. The van der Waals surface area contributed by atoms with Gasteiger partial charge in [-0.05, 0) is 69.8 Å². The van der Waals surface area contributed by atoms with Gasteiger partial charge in [0.05, 0.1) is 10.6 Å². The fraction of sp³-hybridized carbons (Fsp3) is 0.556. The van der Waals surface area contributed by atoms with Crippen LogP contribution in [0.15, 0.2) is 24.3 Å². The third-order valence-corrected chi connectivity index (χ3v) is 7.09. The predicted molar refractivity (Wildman–Crippen MR) is 149 cm³/mol. The molecule has 10 heteroatoms. The molecular weight excluding hydrogens is 493 g/mol. The summed E-state index contributed by atoms with van der Waals surface area (Å²) in [7, 11) is 3.83. The molecule has 3 amide bonds. The van der Waals surface area contributed by atoms with E-state index in [2.05, 4.69) is 27.6 Å². The number of hydrogen-bond donors (Lipinski definition) is 3. The maximum absolute atomic E-state index is 12.8. The van der Waals surface area contributed by atoms with Gasteiger partial charge in [0.1, 0.15) is 5.82 Å². The van der Waals surface area contributed by atoms with Crippen LogP contribution in [0, 0.1) is 18.7 Å². The summed E-state index contributed by atoms with van der Waals surface area (Å²) < 4.78 is 12.8. The minimum atomic E-state index is -0.677. The van der Waals surface area contributed by atoms with E-state index in [0.29, 0.717) is 15.7 Å². The molecule has 4 N–H and O–H groups in total. The summed E-state index contributed by atoms with van der Waals surface area (Å²) in [5.41, 5.74) is 6.75. The van der Waals surface area contributed by atoms with Crippen molar-refractivity contribution in [1.29, 1.82) is 0 Å².